The van der Waals surface area contributed by atoms with E-state index in [-0.39, 0.29) is 0 Å². The molecule has 0 amide bonds. The number of halogens is 2. The number of nitrogens with zero attached hydrogens (tertiary/aromatic N) is 4. The van der Waals surface area contributed by atoms with Crippen molar-refractivity contribution < 1.29 is 0 Å². The van der Waals surface area contributed by atoms with Crippen LogP contribution in [0.15, 0.2) is 73.3 Å². The molecule has 190 valence electrons. The highest BCUT2D eigenvalue weighted by atomic mass is 35.5. The Morgan fingerprint density at radius 3 is 2.36 bits per heavy atom. The largest absolute Gasteiger partial charge is 0.369 e. The minimum atomic E-state index is 0.333. The molecule has 2 heterocycles. The highest BCUT2D eigenvalue weighted by Crippen LogP contribution is 2.16. The van der Waals surface area contributed by atoms with E-state index in [1.54, 1.807) is 12.5 Å². The predicted octanol–water partition coefficient (Wildman–Crippen LogP) is 5.14. The van der Waals surface area contributed by atoms with Crippen LogP contribution in [0.2, 0.25) is 10.0 Å². The third kappa shape index (κ3) is 9.83. The molecule has 0 aliphatic heterocycles. The Morgan fingerprint density at radius 2 is 1.67 bits per heavy atom. The summed E-state index contributed by atoms with van der Waals surface area (Å²) in [6, 6.07) is 17.7. The smallest absolute Gasteiger partial charge is 0.226 e. The van der Waals surface area contributed by atoms with Crippen LogP contribution in [-0.4, -0.2) is 38.7 Å². The van der Waals surface area contributed by atoms with Crippen LogP contribution < -0.4 is 21.7 Å². The minimum absolute atomic E-state index is 0.333. The second-order valence-electron chi connectivity index (χ2n) is 8.36. The first-order valence-corrected chi connectivity index (χ1v) is 12.4. The fourth-order valence-electron chi connectivity index (χ4n) is 3.07. The molecular weight excluding hydrogens is 495 g/mol. The van der Waals surface area contributed by atoms with Gasteiger partial charge < -0.3 is 21.7 Å². The van der Waals surface area contributed by atoms with Gasteiger partial charge in [-0.15, -0.1) is 0 Å². The van der Waals surface area contributed by atoms with Gasteiger partial charge in [-0.3, -0.25) is 4.57 Å². The number of nitrogens with one attached hydrogen (secondary N) is 3. The first-order chi connectivity index (χ1) is 17.4. The van der Waals surface area contributed by atoms with E-state index in [9.17, 15) is 0 Å². The van der Waals surface area contributed by atoms with Crippen LogP contribution in [0.5, 0.6) is 0 Å². The second-order valence-corrected chi connectivity index (χ2v) is 9.24. The van der Waals surface area contributed by atoms with E-state index in [1.165, 1.54) is 5.56 Å². The van der Waals surface area contributed by atoms with Gasteiger partial charge in [0.25, 0.3) is 0 Å². The van der Waals surface area contributed by atoms with Crippen molar-refractivity contribution in [3.05, 3.63) is 94.5 Å². The van der Waals surface area contributed by atoms with Gasteiger partial charge in [0.1, 0.15) is 18.0 Å². The third-order valence-corrected chi connectivity index (χ3v) is 5.16. The SMILES string of the molecule is CC(C)N.Clc1ccc(CNCCNc2cc(-n3ccnc3)nc(NCc3cccc(Cl)c3)n2)cc1. The molecule has 0 bridgehead atoms. The zero-order valence-corrected chi connectivity index (χ0v) is 22.0. The lowest BCUT2D eigenvalue weighted by molar-refractivity contribution is 0.706. The van der Waals surface area contributed by atoms with E-state index in [0.717, 1.165) is 35.3 Å². The van der Waals surface area contributed by atoms with Crippen LogP contribution in [0.4, 0.5) is 11.8 Å². The Kier molecular flexibility index (Phi) is 11.0. The monoisotopic (exact) mass is 526 g/mol. The predicted molar refractivity (Wildman–Crippen MR) is 149 cm³/mol. The Balaban J connectivity index is 0.000000840. The maximum atomic E-state index is 6.08. The molecule has 36 heavy (non-hydrogen) atoms. The molecule has 0 radical (unpaired) electrons. The molecule has 5 N–H and O–H groups in total. The topological polar surface area (TPSA) is 106 Å². The molecule has 0 saturated carbocycles. The van der Waals surface area contributed by atoms with E-state index >= 15 is 0 Å². The minimum Gasteiger partial charge on any atom is -0.369 e. The second kappa shape index (κ2) is 14.4. The molecular formula is C26H32Cl2N8. The van der Waals surface area contributed by atoms with Crippen LogP contribution in [0.25, 0.3) is 5.82 Å². The zero-order valence-electron chi connectivity index (χ0n) is 20.5. The first-order valence-electron chi connectivity index (χ1n) is 11.7. The summed E-state index contributed by atoms with van der Waals surface area (Å²) in [7, 11) is 0. The van der Waals surface area contributed by atoms with E-state index < -0.39 is 0 Å². The maximum absolute atomic E-state index is 6.08. The number of aromatic nitrogens is 4. The normalized spacial score (nSPS) is 10.6. The lowest BCUT2D eigenvalue weighted by atomic mass is 10.2. The average molecular weight is 528 g/mol. The highest BCUT2D eigenvalue weighted by Gasteiger charge is 2.07. The van der Waals surface area contributed by atoms with Crippen molar-refractivity contribution in [2.45, 2.75) is 33.0 Å². The molecule has 0 atom stereocenters. The zero-order chi connectivity index (χ0) is 25.8. The Hall–Kier alpha value is -3.17. The molecule has 0 saturated heterocycles. The molecule has 0 aliphatic carbocycles. The van der Waals surface area contributed by atoms with Crippen LogP contribution in [0.1, 0.15) is 25.0 Å². The lowest BCUT2D eigenvalue weighted by Crippen LogP contribution is -2.22. The Bertz CT molecular complexity index is 1180. The van der Waals surface area contributed by atoms with Crippen LogP contribution in [0, 0.1) is 0 Å². The van der Waals surface area contributed by atoms with Crippen molar-refractivity contribution in [2.24, 2.45) is 5.73 Å². The van der Waals surface area contributed by atoms with E-state index in [4.69, 9.17) is 28.9 Å². The summed E-state index contributed by atoms with van der Waals surface area (Å²) in [5, 5.41) is 11.5. The summed E-state index contributed by atoms with van der Waals surface area (Å²) < 4.78 is 1.84. The van der Waals surface area contributed by atoms with Crippen molar-refractivity contribution in [1.82, 2.24) is 24.8 Å². The fraction of sp³-hybridized carbons (Fsp3) is 0.269. The molecule has 4 rings (SSSR count). The number of hydrogen-bond acceptors (Lipinski definition) is 7. The first kappa shape index (κ1) is 27.4. The third-order valence-electron chi connectivity index (χ3n) is 4.67. The molecule has 0 unspecified atom stereocenters. The number of rotatable bonds is 10. The number of benzene rings is 2. The summed E-state index contributed by atoms with van der Waals surface area (Å²) in [6.07, 6.45) is 5.27. The van der Waals surface area contributed by atoms with Crippen molar-refractivity contribution in [3.63, 3.8) is 0 Å². The van der Waals surface area contributed by atoms with E-state index in [1.807, 2.05) is 79.2 Å². The number of anilines is 2. The van der Waals surface area contributed by atoms with Crippen molar-refractivity contribution in [3.8, 4) is 5.82 Å². The van der Waals surface area contributed by atoms with Crippen molar-refractivity contribution in [2.75, 3.05) is 23.7 Å². The molecule has 8 nitrogen and oxygen atoms in total. The van der Waals surface area contributed by atoms with Crippen LogP contribution >= 0.6 is 23.2 Å². The Morgan fingerprint density at radius 1 is 0.889 bits per heavy atom. The molecule has 4 aromatic rings. The van der Waals surface area contributed by atoms with Gasteiger partial charge in [0.15, 0.2) is 0 Å². The molecule has 2 aromatic carbocycles. The van der Waals surface area contributed by atoms with Gasteiger partial charge >= 0.3 is 0 Å². The van der Waals surface area contributed by atoms with Gasteiger partial charge in [0.2, 0.25) is 5.95 Å². The number of hydrogen-bond donors (Lipinski definition) is 4. The van der Waals surface area contributed by atoms with Crippen molar-refractivity contribution >= 4 is 35.0 Å². The molecule has 2 aromatic heterocycles. The van der Waals surface area contributed by atoms with Gasteiger partial charge in [0, 0.05) is 54.7 Å². The summed E-state index contributed by atoms with van der Waals surface area (Å²) in [4.78, 5) is 13.3. The van der Waals surface area contributed by atoms with Gasteiger partial charge in [-0.25, -0.2) is 4.98 Å². The summed E-state index contributed by atoms with van der Waals surface area (Å²) in [5.41, 5.74) is 7.35. The Labute approximate surface area is 222 Å². The van der Waals surface area contributed by atoms with Gasteiger partial charge in [-0.05, 0) is 41.4 Å². The number of nitrogens with two attached hydrogens (primary N) is 1. The molecule has 0 fully saturated rings. The van der Waals surface area contributed by atoms with Crippen molar-refractivity contribution in [1.29, 1.82) is 0 Å². The number of imidazole rings is 1. The summed E-state index contributed by atoms with van der Waals surface area (Å²) in [5.74, 6) is 1.97. The fourth-order valence-corrected chi connectivity index (χ4v) is 3.41. The van der Waals surface area contributed by atoms with E-state index in [2.05, 4.69) is 30.9 Å². The molecule has 0 spiro atoms. The summed E-state index contributed by atoms with van der Waals surface area (Å²) >= 11 is 12.0. The molecule has 0 aliphatic rings. The van der Waals surface area contributed by atoms with Crippen LogP contribution in [-0.2, 0) is 13.1 Å². The quantitative estimate of drug-likeness (QED) is 0.212. The average Bonchev–Trinajstić information content (AvgIpc) is 3.39. The van der Waals surface area contributed by atoms with Gasteiger partial charge in [0.05, 0.1) is 0 Å². The highest BCUT2D eigenvalue weighted by molar-refractivity contribution is 6.30. The molecule has 10 heteroatoms. The van der Waals surface area contributed by atoms with E-state index in [0.29, 0.717) is 30.1 Å². The van der Waals surface area contributed by atoms with Gasteiger partial charge in [-0.1, -0.05) is 61.3 Å². The van der Waals surface area contributed by atoms with Gasteiger partial charge in [-0.2, -0.15) is 9.97 Å². The summed E-state index contributed by atoms with van der Waals surface area (Å²) in [6.45, 7) is 6.71. The standard InChI is InChI=1S/C23H23Cl2N7.C3H9N/c24-19-6-4-17(5-7-19)14-26-8-9-28-21-13-22(32-11-10-27-16-32)31-23(30-21)29-15-18-2-1-3-20(25)12-18;1-3(2)4/h1-7,10-13,16,26H,8-9,14-15H2,(H2,28,29,30,31);3H,4H2,1-2H3. The maximum Gasteiger partial charge on any atom is 0.226 e. The lowest BCUT2D eigenvalue weighted by Gasteiger charge is -2.12. The van der Waals surface area contributed by atoms with Crippen LogP contribution in [0.3, 0.4) is 0 Å².